The highest BCUT2D eigenvalue weighted by Gasteiger charge is 2.10. The molecule has 0 heterocycles. The van der Waals surface area contributed by atoms with E-state index in [1.165, 1.54) is 13.2 Å². The first kappa shape index (κ1) is 19.1. The molecule has 0 aromatic heterocycles. The summed E-state index contributed by atoms with van der Waals surface area (Å²) in [5, 5.41) is 5.27. The van der Waals surface area contributed by atoms with Crippen LogP contribution < -0.4 is 20.1 Å². The second kappa shape index (κ2) is 9.27. The molecule has 0 saturated carbocycles. The lowest BCUT2D eigenvalue weighted by atomic mass is 10.1. The van der Waals surface area contributed by atoms with Crippen LogP contribution in [0.1, 0.15) is 22.8 Å². The van der Waals surface area contributed by atoms with E-state index in [4.69, 9.17) is 9.47 Å². The molecule has 26 heavy (non-hydrogen) atoms. The molecule has 6 nitrogen and oxygen atoms in total. The summed E-state index contributed by atoms with van der Waals surface area (Å²) in [4.78, 5) is 24.0. The van der Waals surface area contributed by atoms with Gasteiger partial charge in [-0.25, -0.2) is 0 Å². The molecule has 0 radical (unpaired) electrons. The largest absolute Gasteiger partial charge is 0.495 e. The van der Waals surface area contributed by atoms with Gasteiger partial charge in [-0.1, -0.05) is 18.2 Å². The second-order valence-electron chi connectivity index (χ2n) is 5.29. The van der Waals surface area contributed by atoms with Gasteiger partial charge < -0.3 is 20.1 Å². The molecular weight excluding hydrogens is 332 g/mol. The van der Waals surface area contributed by atoms with Crippen LogP contribution in [0.3, 0.4) is 0 Å². The Kier molecular flexibility index (Phi) is 6.79. The van der Waals surface area contributed by atoms with Gasteiger partial charge >= 0.3 is 0 Å². The number of rotatable bonds is 7. The van der Waals surface area contributed by atoms with Crippen molar-refractivity contribution in [3.63, 3.8) is 0 Å². The van der Waals surface area contributed by atoms with E-state index in [-0.39, 0.29) is 11.8 Å². The Morgan fingerprint density at radius 3 is 2.58 bits per heavy atom. The van der Waals surface area contributed by atoms with Gasteiger partial charge in [0.2, 0.25) is 5.91 Å². The highest BCUT2D eigenvalue weighted by Crippen LogP contribution is 2.26. The molecule has 0 spiro atoms. The molecule has 0 unspecified atom stereocenters. The van der Waals surface area contributed by atoms with Crippen LogP contribution in [0.4, 0.5) is 5.69 Å². The minimum Gasteiger partial charge on any atom is -0.495 e. The summed E-state index contributed by atoms with van der Waals surface area (Å²) in [7, 11) is 3.04. The Bertz CT molecular complexity index is 815. The number of nitrogens with one attached hydrogen (secondary N) is 2. The van der Waals surface area contributed by atoms with Gasteiger partial charge in [0.1, 0.15) is 11.5 Å². The van der Waals surface area contributed by atoms with E-state index in [2.05, 4.69) is 10.6 Å². The Morgan fingerprint density at radius 1 is 1.12 bits per heavy atom. The van der Waals surface area contributed by atoms with Crippen LogP contribution in [-0.2, 0) is 4.79 Å². The third kappa shape index (κ3) is 4.86. The first-order chi connectivity index (χ1) is 12.6. The lowest BCUT2D eigenvalue weighted by Crippen LogP contribution is -2.18. The number of ether oxygens (including phenoxy) is 2. The number of para-hydroxylation sites is 1. The Morgan fingerprint density at radius 2 is 1.88 bits per heavy atom. The number of anilines is 1. The normalized spacial score (nSPS) is 10.4. The maximum absolute atomic E-state index is 12.3. The number of carbonyl (C=O) groups excluding carboxylic acids is 2. The zero-order valence-electron chi connectivity index (χ0n) is 15.0. The molecule has 0 aliphatic carbocycles. The Hall–Kier alpha value is -3.28. The smallest absolute Gasteiger partial charge is 0.251 e. The van der Waals surface area contributed by atoms with Crippen molar-refractivity contribution >= 4 is 23.6 Å². The molecular formula is C20H22N2O4. The molecule has 2 N–H and O–H groups in total. The van der Waals surface area contributed by atoms with E-state index < -0.39 is 0 Å². The van der Waals surface area contributed by atoms with Crippen molar-refractivity contribution in [3.8, 4) is 11.5 Å². The average Bonchev–Trinajstić information content (AvgIpc) is 2.67. The minimum absolute atomic E-state index is 0.246. The molecule has 2 amide bonds. The van der Waals surface area contributed by atoms with Gasteiger partial charge in [0.25, 0.3) is 5.91 Å². The van der Waals surface area contributed by atoms with Crippen molar-refractivity contribution in [2.45, 2.75) is 6.92 Å². The van der Waals surface area contributed by atoms with Gasteiger partial charge in [0, 0.05) is 24.3 Å². The van der Waals surface area contributed by atoms with Gasteiger partial charge in [-0.2, -0.15) is 0 Å². The van der Waals surface area contributed by atoms with E-state index >= 15 is 0 Å². The standard InChI is InChI=1S/C20H22N2O4/c1-4-26-17-8-6-5-7-14(17)10-12-19(23)22-16-13-15(20(24)21-2)9-11-18(16)25-3/h5-13H,4H2,1-3H3,(H,21,24)(H,22,23). The van der Waals surface area contributed by atoms with Gasteiger partial charge in [0.05, 0.1) is 19.4 Å². The van der Waals surface area contributed by atoms with Gasteiger partial charge in [-0.3, -0.25) is 9.59 Å². The molecule has 0 bridgehead atoms. The zero-order valence-corrected chi connectivity index (χ0v) is 15.0. The van der Waals surface area contributed by atoms with Crippen molar-refractivity contribution < 1.29 is 19.1 Å². The van der Waals surface area contributed by atoms with Gasteiger partial charge in [0.15, 0.2) is 0 Å². The van der Waals surface area contributed by atoms with Crippen LogP contribution >= 0.6 is 0 Å². The van der Waals surface area contributed by atoms with E-state index in [9.17, 15) is 9.59 Å². The second-order valence-corrected chi connectivity index (χ2v) is 5.29. The first-order valence-corrected chi connectivity index (χ1v) is 8.20. The van der Waals surface area contributed by atoms with Crippen LogP contribution in [0.25, 0.3) is 6.08 Å². The predicted molar refractivity (Wildman–Crippen MR) is 102 cm³/mol. The highest BCUT2D eigenvalue weighted by molar-refractivity contribution is 6.04. The van der Waals surface area contributed by atoms with E-state index in [0.717, 1.165) is 5.56 Å². The number of benzene rings is 2. The molecule has 6 heteroatoms. The van der Waals surface area contributed by atoms with E-state index in [0.29, 0.717) is 29.4 Å². The fourth-order valence-corrected chi connectivity index (χ4v) is 2.34. The van der Waals surface area contributed by atoms with Gasteiger partial charge in [-0.05, 0) is 37.3 Å². The maximum atomic E-state index is 12.3. The van der Waals surface area contributed by atoms with Crippen LogP contribution in [-0.4, -0.2) is 32.6 Å². The third-order valence-corrected chi connectivity index (χ3v) is 3.58. The summed E-state index contributed by atoms with van der Waals surface area (Å²) >= 11 is 0. The SMILES string of the molecule is CCOc1ccccc1C=CC(=O)Nc1cc(C(=O)NC)ccc1OC. The average molecular weight is 354 g/mol. The summed E-state index contributed by atoms with van der Waals surface area (Å²) in [6, 6.07) is 12.3. The lowest BCUT2D eigenvalue weighted by Gasteiger charge is -2.11. The van der Waals surface area contributed by atoms with Crippen LogP contribution in [0.15, 0.2) is 48.5 Å². The fraction of sp³-hybridized carbons (Fsp3) is 0.200. The predicted octanol–water partition coefficient (Wildman–Crippen LogP) is 3.11. The molecule has 2 rings (SSSR count). The number of hydrogen-bond acceptors (Lipinski definition) is 4. The third-order valence-electron chi connectivity index (χ3n) is 3.58. The maximum Gasteiger partial charge on any atom is 0.251 e. The highest BCUT2D eigenvalue weighted by atomic mass is 16.5. The van der Waals surface area contributed by atoms with Crippen LogP contribution in [0.2, 0.25) is 0 Å². The fourth-order valence-electron chi connectivity index (χ4n) is 2.34. The lowest BCUT2D eigenvalue weighted by molar-refractivity contribution is -0.111. The molecule has 0 atom stereocenters. The quantitative estimate of drug-likeness (QED) is 0.749. The summed E-state index contributed by atoms with van der Waals surface area (Å²) < 4.78 is 10.8. The number of hydrogen-bond donors (Lipinski definition) is 2. The summed E-state index contributed by atoms with van der Waals surface area (Å²) in [6.07, 6.45) is 3.08. The topological polar surface area (TPSA) is 76.7 Å². The molecule has 0 aliphatic rings. The molecule has 2 aromatic rings. The monoisotopic (exact) mass is 354 g/mol. The van der Waals surface area contributed by atoms with Crippen molar-refractivity contribution in [2.24, 2.45) is 0 Å². The van der Waals surface area contributed by atoms with Crippen LogP contribution in [0, 0.1) is 0 Å². The first-order valence-electron chi connectivity index (χ1n) is 8.20. The molecule has 136 valence electrons. The summed E-state index contributed by atoms with van der Waals surface area (Å²) in [5.74, 6) is 0.584. The number of methoxy groups -OCH3 is 1. The number of amides is 2. The van der Waals surface area contributed by atoms with E-state index in [1.54, 1.807) is 31.3 Å². The van der Waals surface area contributed by atoms with Crippen molar-refractivity contribution in [3.05, 3.63) is 59.7 Å². The minimum atomic E-state index is -0.344. The Balaban J connectivity index is 2.18. The number of carbonyl (C=O) groups is 2. The molecule has 0 saturated heterocycles. The molecule has 2 aromatic carbocycles. The van der Waals surface area contributed by atoms with Crippen molar-refractivity contribution in [2.75, 3.05) is 26.1 Å². The van der Waals surface area contributed by atoms with E-state index in [1.807, 2.05) is 31.2 Å². The summed E-state index contributed by atoms with van der Waals surface area (Å²) in [5.41, 5.74) is 1.64. The van der Waals surface area contributed by atoms with Crippen LogP contribution in [0.5, 0.6) is 11.5 Å². The zero-order chi connectivity index (χ0) is 18.9. The van der Waals surface area contributed by atoms with Crippen molar-refractivity contribution in [1.82, 2.24) is 5.32 Å². The molecule has 0 fully saturated rings. The van der Waals surface area contributed by atoms with Gasteiger partial charge in [-0.15, -0.1) is 0 Å². The Labute approximate surface area is 152 Å². The van der Waals surface area contributed by atoms with Crippen molar-refractivity contribution in [1.29, 1.82) is 0 Å². The summed E-state index contributed by atoms with van der Waals surface area (Å²) in [6.45, 7) is 2.44. The molecule has 0 aliphatic heterocycles.